The molecule has 0 saturated carbocycles. The second kappa shape index (κ2) is 7.94. The van der Waals surface area contributed by atoms with Crippen molar-refractivity contribution in [1.29, 1.82) is 0 Å². The predicted molar refractivity (Wildman–Crippen MR) is 98.4 cm³/mol. The highest BCUT2D eigenvalue weighted by Gasteiger charge is 2.07. The molecule has 0 aliphatic heterocycles. The van der Waals surface area contributed by atoms with Gasteiger partial charge in [0.1, 0.15) is 0 Å². The fourth-order valence-corrected chi connectivity index (χ4v) is 2.32. The van der Waals surface area contributed by atoms with Crippen molar-refractivity contribution in [3.8, 4) is 0 Å². The number of hydrogen-bond acceptors (Lipinski definition) is 3. The van der Waals surface area contributed by atoms with Crippen molar-refractivity contribution >= 4 is 46.3 Å². The summed E-state index contributed by atoms with van der Waals surface area (Å²) in [5.74, 6) is -0.361. The molecule has 23 heavy (non-hydrogen) atoms. The van der Waals surface area contributed by atoms with Crippen molar-refractivity contribution in [2.75, 3.05) is 17.2 Å². The van der Waals surface area contributed by atoms with Gasteiger partial charge in [-0.1, -0.05) is 23.7 Å². The average Bonchev–Trinajstić information content (AvgIpc) is 2.51. The quantitative estimate of drug-likeness (QED) is 0.623. The van der Waals surface area contributed by atoms with Gasteiger partial charge in [-0.2, -0.15) is 0 Å². The van der Waals surface area contributed by atoms with Crippen molar-refractivity contribution < 1.29 is 9.53 Å². The Balaban J connectivity index is 2.03. The summed E-state index contributed by atoms with van der Waals surface area (Å²) in [5, 5.41) is 7.16. The third-order valence-corrected chi connectivity index (χ3v) is 3.67. The second-order valence-corrected chi connectivity index (χ2v) is 5.66. The van der Waals surface area contributed by atoms with Crippen LogP contribution in [0.25, 0.3) is 0 Å². The van der Waals surface area contributed by atoms with E-state index in [0.717, 1.165) is 11.3 Å². The fraction of sp³-hybridized carbons (Fsp3) is 0.176. The van der Waals surface area contributed by atoms with Crippen LogP contribution < -0.4 is 10.6 Å². The monoisotopic (exact) mass is 348 g/mol. The molecular weight excluding hydrogens is 332 g/mol. The highest BCUT2D eigenvalue weighted by atomic mass is 35.5. The van der Waals surface area contributed by atoms with Gasteiger partial charge in [-0.05, 0) is 62.0 Å². The van der Waals surface area contributed by atoms with Gasteiger partial charge in [0.05, 0.1) is 12.2 Å². The Hall–Kier alpha value is -2.11. The maximum absolute atomic E-state index is 11.7. The zero-order chi connectivity index (χ0) is 16.8. The van der Waals surface area contributed by atoms with Gasteiger partial charge in [-0.3, -0.25) is 0 Å². The number of hydrogen-bond donors (Lipinski definition) is 2. The van der Waals surface area contributed by atoms with Crippen molar-refractivity contribution in [3.63, 3.8) is 0 Å². The van der Waals surface area contributed by atoms with Gasteiger partial charge in [-0.15, -0.1) is 0 Å². The van der Waals surface area contributed by atoms with E-state index in [9.17, 15) is 4.79 Å². The number of benzene rings is 2. The zero-order valence-electron chi connectivity index (χ0n) is 12.9. The number of ether oxygens (including phenoxy) is 1. The molecule has 0 saturated heterocycles. The van der Waals surface area contributed by atoms with Gasteiger partial charge >= 0.3 is 5.97 Å². The molecular formula is C17H17ClN2O2S. The van der Waals surface area contributed by atoms with Gasteiger partial charge in [0.15, 0.2) is 5.11 Å². The Morgan fingerprint density at radius 1 is 1.17 bits per heavy atom. The van der Waals surface area contributed by atoms with E-state index < -0.39 is 0 Å². The number of rotatable bonds is 4. The van der Waals surface area contributed by atoms with Crippen LogP contribution >= 0.6 is 23.8 Å². The topological polar surface area (TPSA) is 50.4 Å². The first-order valence-electron chi connectivity index (χ1n) is 7.11. The van der Waals surface area contributed by atoms with E-state index in [1.807, 2.05) is 25.1 Å². The van der Waals surface area contributed by atoms with Crippen molar-refractivity contribution in [3.05, 3.63) is 58.6 Å². The molecule has 0 bridgehead atoms. The lowest BCUT2D eigenvalue weighted by Crippen LogP contribution is -2.19. The summed E-state index contributed by atoms with van der Waals surface area (Å²) in [6.45, 7) is 4.04. The van der Waals surface area contributed by atoms with E-state index in [2.05, 4.69) is 10.6 Å². The SMILES string of the molecule is CCOC(=O)c1cccc(NC(=S)Nc2ccc(C)c(Cl)c2)c1. The average molecular weight is 349 g/mol. The lowest BCUT2D eigenvalue weighted by Gasteiger charge is -2.12. The standard InChI is InChI=1S/C17H17ClN2O2S/c1-3-22-16(21)12-5-4-6-13(9-12)19-17(23)20-14-8-7-11(2)15(18)10-14/h4-10H,3H2,1-2H3,(H2,19,20,23). The number of thiocarbonyl (C=S) groups is 1. The molecule has 0 fully saturated rings. The normalized spacial score (nSPS) is 10.0. The van der Waals surface area contributed by atoms with E-state index in [1.165, 1.54) is 0 Å². The number of nitrogens with one attached hydrogen (secondary N) is 2. The van der Waals surface area contributed by atoms with Crippen LogP contribution in [0.15, 0.2) is 42.5 Å². The Bertz CT molecular complexity index is 734. The van der Waals surface area contributed by atoms with E-state index >= 15 is 0 Å². The maximum atomic E-state index is 11.7. The van der Waals surface area contributed by atoms with Crippen LogP contribution in [0.5, 0.6) is 0 Å². The molecule has 0 radical (unpaired) electrons. The van der Waals surface area contributed by atoms with Crippen molar-refractivity contribution in [1.82, 2.24) is 0 Å². The van der Waals surface area contributed by atoms with Crippen LogP contribution in [0.2, 0.25) is 5.02 Å². The van der Waals surface area contributed by atoms with Gasteiger partial charge in [0.25, 0.3) is 0 Å². The molecule has 4 nitrogen and oxygen atoms in total. The number of aryl methyl sites for hydroxylation is 1. The van der Waals surface area contributed by atoms with E-state index in [0.29, 0.717) is 28.0 Å². The molecule has 2 aromatic rings. The van der Waals surface area contributed by atoms with Gasteiger partial charge in [0, 0.05) is 16.4 Å². The van der Waals surface area contributed by atoms with Crippen LogP contribution in [0, 0.1) is 6.92 Å². The first-order valence-corrected chi connectivity index (χ1v) is 7.89. The lowest BCUT2D eigenvalue weighted by molar-refractivity contribution is 0.0526. The highest BCUT2D eigenvalue weighted by molar-refractivity contribution is 7.80. The van der Waals surface area contributed by atoms with Crippen LogP contribution in [-0.4, -0.2) is 17.7 Å². The summed E-state index contributed by atoms with van der Waals surface area (Å²) in [5.41, 5.74) is 2.96. The number of esters is 1. The third-order valence-electron chi connectivity index (χ3n) is 3.06. The number of carbonyl (C=O) groups excluding carboxylic acids is 1. The summed E-state index contributed by atoms with van der Waals surface area (Å²) in [4.78, 5) is 11.7. The minimum atomic E-state index is -0.361. The summed E-state index contributed by atoms with van der Waals surface area (Å²) in [7, 11) is 0. The maximum Gasteiger partial charge on any atom is 0.338 e. The minimum Gasteiger partial charge on any atom is -0.462 e. The Morgan fingerprint density at radius 3 is 2.52 bits per heavy atom. The van der Waals surface area contributed by atoms with E-state index in [1.54, 1.807) is 31.2 Å². The largest absolute Gasteiger partial charge is 0.462 e. The summed E-state index contributed by atoms with van der Waals surface area (Å²) >= 11 is 11.4. The van der Waals surface area contributed by atoms with Gasteiger partial charge in [-0.25, -0.2) is 4.79 Å². The van der Waals surface area contributed by atoms with E-state index in [4.69, 9.17) is 28.6 Å². The number of halogens is 1. The molecule has 0 spiro atoms. The van der Waals surface area contributed by atoms with Gasteiger partial charge in [0.2, 0.25) is 0 Å². The van der Waals surface area contributed by atoms with E-state index in [-0.39, 0.29) is 5.97 Å². The molecule has 2 aromatic carbocycles. The number of anilines is 2. The van der Waals surface area contributed by atoms with Crippen LogP contribution in [0.3, 0.4) is 0 Å². The molecule has 0 unspecified atom stereocenters. The molecule has 0 aromatic heterocycles. The van der Waals surface area contributed by atoms with Crippen LogP contribution in [-0.2, 0) is 4.74 Å². The molecule has 0 atom stereocenters. The smallest absolute Gasteiger partial charge is 0.338 e. The van der Waals surface area contributed by atoms with Crippen molar-refractivity contribution in [2.45, 2.75) is 13.8 Å². The second-order valence-electron chi connectivity index (χ2n) is 4.84. The summed E-state index contributed by atoms with van der Waals surface area (Å²) in [6, 6.07) is 12.6. The molecule has 0 amide bonds. The molecule has 120 valence electrons. The first kappa shape index (κ1) is 17.2. The molecule has 2 N–H and O–H groups in total. The highest BCUT2D eigenvalue weighted by Crippen LogP contribution is 2.20. The zero-order valence-corrected chi connectivity index (χ0v) is 14.4. The predicted octanol–water partition coefficient (Wildman–Crippen LogP) is 4.63. The molecule has 0 aliphatic rings. The fourth-order valence-electron chi connectivity index (χ4n) is 1.90. The molecule has 2 rings (SSSR count). The van der Waals surface area contributed by atoms with Crippen LogP contribution in [0.1, 0.15) is 22.8 Å². The lowest BCUT2D eigenvalue weighted by atomic mass is 10.2. The Morgan fingerprint density at radius 2 is 1.87 bits per heavy atom. The molecule has 0 aliphatic carbocycles. The van der Waals surface area contributed by atoms with Crippen molar-refractivity contribution in [2.24, 2.45) is 0 Å². The first-order chi connectivity index (χ1) is 11.0. The summed E-state index contributed by atoms with van der Waals surface area (Å²) in [6.07, 6.45) is 0. The molecule has 6 heteroatoms. The van der Waals surface area contributed by atoms with Crippen LogP contribution in [0.4, 0.5) is 11.4 Å². The Labute approximate surface area is 145 Å². The minimum absolute atomic E-state index is 0.338. The van der Waals surface area contributed by atoms with Gasteiger partial charge < -0.3 is 15.4 Å². The summed E-state index contributed by atoms with van der Waals surface area (Å²) < 4.78 is 4.98. The Kier molecular flexibility index (Phi) is 5.96. The number of carbonyl (C=O) groups is 1. The third kappa shape index (κ3) is 4.94. The molecule has 0 heterocycles.